The van der Waals surface area contributed by atoms with E-state index < -0.39 is 0 Å². The van der Waals surface area contributed by atoms with Crippen LogP contribution in [0.1, 0.15) is 219 Å². The molecule has 1 atom stereocenters. The molecule has 0 aliphatic carbocycles. The maximum atomic E-state index is 4.06. The van der Waals surface area contributed by atoms with Gasteiger partial charge in [-0.2, -0.15) is 0 Å². The second-order valence-electron chi connectivity index (χ2n) is 12.3. The number of hydrogen-bond acceptors (Lipinski definition) is 0. The molecular weight excluding hydrogens is 432 g/mol. The van der Waals surface area contributed by atoms with Gasteiger partial charge in [-0.3, -0.25) is 0 Å². The van der Waals surface area contributed by atoms with Gasteiger partial charge < -0.3 is 0 Å². The topological polar surface area (TPSA) is 0 Å². The van der Waals surface area contributed by atoms with Crippen molar-refractivity contribution in [2.45, 2.75) is 219 Å². The fraction of sp³-hybridized carbons (Fsp3) is 0.972. The summed E-state index contributed by atoms with van der Waals surface area (Å²) in [5, 5.41) is 0. The Labute approximate surface area is 232 Å². The zero-order valence-corrected chi connectivity index (χ0v) is 25.9. The van der Waals surface area contributed by atoms with Crippen LogP contribution in [0.25, 0.3) is 0 Å². The molecule has 0 heterocycles. The monoisotopic (exact) mass is 506 g/mol. The van der Waals surface area contributed by atoms with Gasteiger partial charge in [0.15, 0.2) is 0 Å². The van der Waals surface area contributed by atoms with Crippen LogP contribution < -0.4 is 0 Å². The molecular formula is C36H73. The number of rotatable bonds is 32. The predicted octanol–water partition coefficient (Wildman–Crippen LogP) is 14.0. The van der Waals surface area contributed by atoms with Crippen molar-refractivity contribution in [1.82, 2.24) is 0 Å². The SMILES string of the molecule is [CH2]CCCCC(CCCCCCCCCCCCCC)CCCCCCCCCCCCCCCC. The molecule has 0 fully saturated rings. The molecule has 36 heavy (non-hydrogen) atoms. The lowest BCUT2D eigenvalue weighted by Gasteiger charge is -2.17. The Morgan fingerprint density at radius 2 is 0.528 bits per heavy atom. The summed E-state index contributed by atoms with van der Waals surface area (Å²) >= 11 is 0. The minimum atomic E-state index is 1.01. The summed E-state index contributed by atoms with van der Waals surface area (Å²) < 4.78 is 0. The van der Waals surface area contributed by atoms with E-state index >= 15 is 0 Å². The lowest BCUT2D eigenvalue weighted by molar-refractivity contribution is 0.368. The summed E-state index contributed by atoms with van der Waals surface area (Å²) in [5.41, 5.74) is 0. The van der Waals surface area contributed by atoms with Gasteiger partial charge in [-0.25, -0.2) is 0 Å². The Kier molecular flexibility index (Phi) is 33.0. The van der Waals surface area contributed by atoms with Gasteiger partial charge >= 0.3 is 0 Å². The molecule has 0 amide bonds. The maximum Gasteiger partial charge on any atom is -0.0414 e. The third-order valence-electron chi connectivity index (χ3n) is 8.54. The lowest BCUT2D eigenvalue weighted by atomic mass is 9.89. The highest BCUT2D eigenvalue weighted by atomic mass is 14.1. The summed E-state index contributed by atoms with van der Waals surface area (Å²) in [6.07, 6.45) is 46.6. The number of unbranched alkanes of at least 4 members (excludes halogenated alkanes) is 26. The first-order valence-corrected chi connectivity index (χ1v) is 17.6. The van der Waals surface area contributed by atoms with Crippen molar-refractivity contribution in [2.75, 3.05) is 0 Å². The van der Waals surface area contributed by atoms with Crippen molar-refractivity contribution in [3.05, 3.63) is 6.92 Å². The van der Waals surface area contributed by atoms with E-state index in [0.717, 1.165) is 12.3 Å². The maximum absolute atomic E-state index is 4.06. The Morgan fingerprint density at radius 1 is 0.306 bits per heavy atom. The van der Waals surface area contributed by atoms with E-state index in [4.69, 9.17) is 0 Å². The summed E-state index contributed by atoms with van der Waals surface area (Å²) in [5.74, 6) is 1.01. The Morgan fingerprint density at radius 3 is 0.778 bits per heavy atom. The summed E-state index contributed by atoms with van der Waals surface area (Å²) in [6.45, 7) is 8.68. The molecule has 0 saturated carbocycles. The van der Waals surface area contributed by atoms with Gasteiger partial charge in [-0.05, 0) is 5.92 Å². The standard InChI is InChI=1S/C36H73/c1-4-7-10-12-14-16-18-20-21-23-25-27-29-32-35-36(33-30-9-6-3)34-31-28-26-24-22-19-17-15-13-11-8-5-2/h36H,3-35H2,1-2H3. The first kappa shape index (κ1) is 36.0. The normalized spacial score (nSPS) is 12.4. The van der Waals surface area contributed by atoms with E-state index in [0.29, 0.717) is 0 Å². The van der Waals surface area contributed by atoms with Crippen LogP contribution in [0.15, 0.2) is 0 Å². The zero-order chi connectivity index (χ0) is 26.2. The molecule has 0 aromatic carbocycles. The molecule has 0 rings (SSSR count). The highest BCUT2D eigenvalue weighted by molar-refractivity contribution is 4.62. The van der Waals surface area contributed by atoms with E-state index in [2.05, 4.69) is 20.8 Å². The second kappa shape index (κ2) is 33.0. The van der Waals surface area contributed by atoms with Crippen LogP contribution >= 0.6 is 0 Å². The highest BCUT2D eigenvalue weighted by Gasteiger charge is 2.08. The van der Waals surface area contributed by atoms with Crippen LogP contribution in [0, 0.1) is 12.8 Å². The minimum absolute atomic E-state index is 1.01. The first-order valence-electron chi connectivity index (χ1n) is 17.6. The lowest BCUT2D eigenvalue weighted by Crippen LogP contribution is -2.01. The minimum Gasteiger partial charge on any atom is -0.0654 e. The van der Waals surface area contributed by atoms with Gasteiger partial charge in [0.25, 0.3) is 0 Å². The van der Waals surface area contributed by atoms with E-state index in [-0.39, 0.29) is 0 Å². The predicted molar refractivity (Wildman–Crippen MR) is 168 cm³/mol. The van der Waals surface area contributed by atoms with E-state index in [1.54, 1.807) is 0 Å². The first-order chi connectivity index (χ1) is 17.8. The molecule has 1 unspecified atom stereocenters. The fourth-order valence-corrected chi connectivity index (χ4v) is 5.94. The van der Waals surface area contributed by atoms with Crippen LogP contribution in [0.5, 0.6) is 0 Å². The summed E-state index contributed by atoms with van der Waals surface area (Å²) in [4.78, 5) is 0. The third kappa shape index (κ3) is 30.2. The molecule has 0 nitrogen and oxygen atoms in total. The van der Waals surface area contributed by atoms with Crippen molar-refractivity contribution < 1.29 is 0 Å². The quantitative estimate of drug-likeness (QED) is 0.0797. The molecule has 0 aromatic rings. The molecule has 0 spiro atoms. The number of hydrogen-bond donors (Lipinski definition) is 0. The molecule has 0 saturated heterocycles. The van der Waals surface area contributed by atoms with Crippen molar-refractivity contribution >= 4 is 0 Å². The highest BCUT2D eigenvalue weighted by Crippen LogP contribution is 2.24. The third-order valence-corrected chi connectivity index (χ3v) is 8.54. The molecule has 1 radical (unpaired) electrons. The van der Waals surface area contributed by atoms with Crippen molar-refractivity contribution in [1.29, 1.82) is 0 Å². The Hall–Kier alpha value is 0. The van der Waals surface area contributed by atoms with Gasteiger partial charge in [0.1, 0.15) is 0 Å². The smallest absolute Gasteiger partial charge is 0.0414 e. The van der Waals surface area contributed by atoms with Crippen LogP contribution in [-0.2, 0) is 0 Å². The van der Waals surface area contributed by atoms with Crippen molar-refractivity contribution in [3.8, 4) is 0 Å². The largest absolute Gasteiger partial charge is 0.0654 e. The van der Waals surface area contributed by atoms with E-state index in [1.807, 2.05) is 0 Å². The van der Waals surface area contributed by atoms with Crippen LogP contribution in [0.3, 0.4) is 0 Å². The van der Waals surface area contributed by atoms with Gasteiger partial charge in [0.2, 0.25) is 0 Å². The molecule has 0 bridgehead atoms. The van der Waals surface area contributed by atoms with Crippen molar-refractivity contribution in [3.63, 3.8) is 0 Å². The van der Waals surface area contributed by atoms with E-state index in [9.17, 15) is 0 Å². The summed E-state index contributed by atoms with van der Waals surface area (Å²) in [6, 6.07) is 0. The van der Waals surface area contributed by atoms with E-state index in [1.165, 1.54) is 199 Å². The second-order valence-corrected chi connectivity index (χ2v) is 12.3. The zero-order valence-electron chi connectivity index (χ0n) is 25.9. The average molecular weight is 506 g/mol. The van der Waals surface area contributed by atoms with Crippen LogP contribution in [0.2, 0.25) is 0 Å². The van der Waals surface area contributed by atoms with Gasteiger partial charge in [0, 0.05) is 0 Å². The summed E-state index contributed by atoms with van der Waals surface area (Å²) in [7, 11) is 0. The average Bonchev–Trinajstić information content (AvgIpc) is 2.89. The molecule has 0 aliphatic rings. The van der Waals surface area contributed by atoms with Crippen LogP contribution in [0.4, 0.5) is 0 Å². The van der Waals surface area contributed by atoms with Crippen LogP contribution in [-0.4, -0.2) is 0 Å². The molecule has 0 heteroatoms. The fourth-order valence-electron chi connectivity index (χ4n) is 5.94. The van der Waals surface area contributed by atoms with Gasteiger partial charge in [-0.1, -0.05) is 226 Å². The molecule has 0 N–H and O–H groups in total. The Bertz CT molecular complexity index is 359. The van der Waals surface area contributed by atoms with Crippen molar-refractivity contribution in [2.24, 2.45) is 5.92 Å². The van der Waals surface area contributed by atoms with Gasteiger partial charge in [0.05, 0.1) is 0 Å². The molecule has 0 aromatic heterocycles. The Balaban J connectivity index is 3.56. The molecule has 217 valence electrons. The molecule has 0 aliphatic heterocycles. The van der Waals surface area contributed by atoms with Gasteiger partial charge in [-0.15, -0.1) is 0 Å².